The fourth-order valence-corrected chi connectivity index (χ4v) is 4.87. The van der Waals surface area contributed by atoms with Crippen molar-refractivity contribution < 1.29 is 17.9 Å². The number of ether oxygens (including phenoxy) is 1. The molecule has 2 aromatic rings. The second-order valence-electron chi connectivity index (χ2n) is 6.33. The van der Waals surface area contributed by atoms with Crippen molar-refractivity contribution in [1.82, 2.24) is 9.62 Å². The third-order valence-corrected chi connectivity index (χ3v) is 6.47. The highest BCUT2D eigenvalue weighted by atomic mass is 32.2. The van der Waals surface area contributed by atoms with Crippen molar-refractivity contribution in [3.8, 4) is 5.75 Å². The molecule has 0 radical (unpaired) electrons. The van der Waals surface area contributed by atoms with Gasteiger partial charge in [0.15, 0.2) is 0 Å². The molecule has 0 spiro atoms. The number of hydrogen-bond acceptors (Lipinski definition) is 5. The van der Waals surface area contributed by atoms with Crippen LogP contribution in [0.1, 0.15) is 34.6 Å². The molecule has 0 aliphatic heterocycles. The van der Waals surface area contributed by atoms with Gasteiger partial charge in [0.2, 0.25) is 10.0 Å². The summed E-state index contributed by atoms with van der Waals surface area (Å²) in [5, 5.41) is 1.98. The molecule has 0 unspecified atom stereocenters. The average molecular weight is 397 g/mol. The van der Waals surface area contributed by atoms with Crippen molar-refractivity contribution in [2.45, 2.75) is 38.3 Å². The van der Waals surface area contributed by atoms with Crippen molar-refractivity contribution in [2.75, 3.05) is 14.2 Å². The van der Waals surface area contributed by atoms with Crippen LogP contribution in [0.15, 0.2) is 34.5 Å². The molecule has 1 amide bonds. The van der Waals surface area contributed by atoms with Crippen LogP contribution in [0.2, 0.25) is 0 Å². The van der Waals surface area contributed by atoms with E-state index in [0.29, 0.717) is 12.1 Å². The van der Waals surface area contributed by atoms with E-state index >= 15 is 0 Å². The number of benzene rings is 1. The van der Waals surface area contributed by atoms with Crippen molar-refractivity contribution in [3.63, 3.8) is 0 Å². The Kier molecular flexibility index (Phi) is 6.44. The van der Waals surface area contributed by atoms with Gasteiger partial charge in [0.1, 0.15) is 10.6 Å². The molecule has 0 fully saturated rings. The van der Waals surface area contributed by atoms with E-state index < -0.39 is 10.0 Å². The van der Waals surface area contributed by atoms with E-state index in [1.807, 2.05) is 18.4 Å². The largest absolute Gasteiger partial charge is 0.495 e. The number of hydrogen-bond donors (Lipinski definition) is 1. The molecule has 0 aliphatic rings. The highest BCUT2D eigenvalue weighted by molar-refractivity contribution is 7.89. The number of thiophene rings is 1. The quantitative estimate of drug-likeness (QED) is 0.781. The fourth-order valence-electron chi connectivity index (χ4n) is 2.47. The first-order chi connectivity index (χ1) is 12.2. The summed E-state index contributed by atoms with van der Waals surface area (Å²) in [7, 11) is -0.684. The Morgan fingerprint density at radius 2 is 2.00 bits per heavy atom. The molecule has 6 nitrogen and oxygen atoms in total. The monoisotopic (exact) mass is 396 g/mol. The molecule has 0 aliphatic carbocycles. The summed E-state index contributed by atoms with van der Waals surface area (Å²) in [6, 6.07) is 6.19. The van der Waals surface area contributed by atoms with Crippen LogP contribution < -0.4 is 9.46 Å². The molecule has 26 heavy (non-hydrogen) atoms. The summed E-state index contributed by atoms with van der Waals surface area (Å²) in [6.45, 7) is 5.94. The highest BCUT2D eigenvalue weighted by Crippen LogP contribution is 2.26. The SMILES string of the molecule is COc1ccc(C(=O)N(C)Cc2sccc2C)cc1S(=O)(=O)NC(C)C. The van der Waals surface area contributed by atoms with Crippen molar-refractivity contribution in [2.24, 2.45) is 0 Å². The van der Waals surface area contributed by atoms with E-state index in [4.69, 9.17) is 4.74 Å². The van der Waals surface area contributed by atoms with E-state index in [1.165, 1.54) is 19.2 Å². The van der Waals surface area contributed by atoms with Gasteiger partial charge in [-0.2, -0.15) is 0 Å². The van der Waals surface area contributed by atoms with Crippen LogP contribution in [0.25, 0.3) is 0 Å². The molecule has 2 rings (SSSR count). The van der Waals surface area contributed by atoms with Crippen LogP contribution in [0.5, 0.6) is 5.75 Å². The van der Waals surface area contributed by atoms with E-state index in [0.717, 1.165) is 10.4 Å². The van der Waals surface area contributed by atoms with Crippen LogP contribution in [0.3, 0.4) is 0 Å². The molecule has 0 atom stereocenters. The third kappa shape index (κ3) is 4.63. The first-order valence-corrected chi connectivity index (χ1v) is 10.5. The molecule has 8 heteroatoms. The summed E-state index contributed by atoms with van der Waals surface area (Å²) >= 11 is 1.59. The van der Waals surface area contributed by atoms with Crippen LogP contribution in [-0.4, -0.2) is 39.4 Å². The Hall–Kier alpha value is -1.90. The molecular weight excluding hydrogens is 372 g/mol. The zero-order valence-corrected chi connectivity index (χ0v) is 17.2. The van der Waals surface area contributed by atoms with Gasteiger partial charge < -0.3 is 9.64 Å². The van der Waals surface area contributed by atoms with Crippen molar-refractivity contribution in [3.05, 3.63) is 45.6 Å². The van der Waals surface area contributed by atoms with Gasteiger partial charge in [-0.05, 0) is 56.0 Å². The number of carbonyl (C=O) groups excluding carboxylic acids is 1. The lowest BCUT2D eigenvalue weighted by Crippen LogP contribution is -2.31. The van der Waals surface area contributed by atoms with Gasteiger partial charge in [-0.3, -0.25) is 4.79 Å². The molecule has 1 heterocycles. The summed E-state index contributed by atoms with van der Waals surface area (Å²) in [6.07, 6.45) is 0. The number of nitrogens with one attached hydrogen (secondary N) is 1. The third-order valence-electron chi connectivity index (χ3n) is 3.79. The van der Waals surface area contributed by atoms with Crippen molar-refractivity contribution >= 4 is 27.3 Å². The molecule has 0 bridgehead atoms. The molecule has 0 saturated heterocycles. The van der Waals surface area contributed by atoms with Gasteiger partial charge in [0.05, 0.1) is 13.7 Å². The Morgan fingerprint density at radius 1 is 1.31 bits per heavy atom. The number of nitrogens with zero attached hydrogens (tertiary/aromatic N) is 1. The topological polar surface area (TPSA) is 75.7 Å². The fraction of sp³-hybridized carbons (Fsp3) is 0.389. The molecule has 0 saturated carbocycles. The minimum atomic E-state index is -3.78. The Balaban J connectivity index is 2.33. The van der Waals surface area contributed by atoms with Gasteiger partial charge in [0, 0.05) is 23.5 Å². The first-order valence-electron chi connectivity index (χ1n) is 8.14. The standard InChI is InChI=1S/C18H24N2O4S2/c1-12(2)19-26(22,23)17-10-14(6-7-15(17)24-5)18(21)20(4)11-16-13(3)8-9-25-16/h6-10,12,19H,11H2,1-5H3. The van der Waals surface area contributed by atoms with Crippen molar-refractivity contribution in [1.29, 1.82) is 0 Å². The second-order valence-corrected chi connectivity index (χ2v) is 9.01. The predicted octanol–water partition coefficient (Wildman–Crippen LogP) is 3.02. The Morgan fingerprint density at radius 3 is 2.54 bits per heavy atom. The summed E-state index contributed by atoms with van der Waals surface area (Å²) in [5.74, 6) is -0.0482. The zero-order valence-electron chi connectivity index (χ0n) is 15.6. The lowest BCUT2D eigenvalue weighted by Gasteiger charge is -2.18. The summed E-state index contributed by atoms with van der Waals surface area (Å²) in [4.78, 5) is 15.4. The highest BCUT2D eigenvalue weighted by Gasteiger charge is 2.23. The van der Waals surface area contributed by atoms with Crippen LogP contribution in [0.4, 0.5) is 0 Å². The number of rotatable bonds is 7. The molecule has 1 aromatic heterocycles. The molecule has 1 aromatic carbocycles. The minimum Gasteiger partial charge on any atom is -0.495 e. The molecule has 142 valence electrons. The number of amides is 1. The van der Waals surface area contributed by atoms with E-state index in [2.05, 4.69) is 4.72 Å². The van der Waals surface area contributed by atoms with Gasteiger partial charge in [0.25, 0.3) is 5.91 Å². The van der Waals surface area contributed by atoms with Crippen LogP contribution in [-0.2, 0) is 16.6 Å². The Bertz CT molecular complexity index is 888. The lowest BCUT2D eigenvalue weighted by molar-refractivity contribution is 0.0786. The summed E-state index contributed by atoms with van der Waals surface area (Å²) < 4.78 is 32.8. The van der Waals surface area contributed by atoms with E-state index in [-0.39, 0.29) is 22.6 Å². The zero-order chi connectivity index (χ0) is 19.5. The number of aryl methyl sites for hydroxylation is 1. The van der Waals surface area contributed by atoms with Crippen LogP contribution >= 0.6 is 11.3 Å². The number of methoxy groups -OCH3 is 1. The number of sulfonamides is 1. The molecule has 1 N–H and O–H groups in total. The maximum atomic E-state index is 12.8. The van der Waals surface area contributed by atoms with Gasteiger partial charge in [-0.15, -0.1) is 11.3 Å². The second kappa shape index (κ2) is 8.20. The lowest BCUT2D eigenvalue weighted by atomic mass is 10.2. The van der Waals surface area contributed by atoms with Gasteiger partial charge in [-0.25, -0.2) is 13.1 Å². The molecular formula is C18H24N2O4S2. The van der Waals surface area contributed by atoms with E-state index in [1.54, 1.807) is 43.2 Å². The van der Waals surface area contributed by atoms with Crippen LogP contribution in [0, 0.1) is 6.92 Å². The Labute approximate surface area is 158 Å². The van der Waals surface area contributed by atoms with E-state index in [9.17, 15) is 13.2 Å². The predicted molar refractivity (Wildman–Crippen MR) is 103 cm³/mol. The minimum absolute atomic E-state index is 0.0414. The first kappa shape index (κ1) is 20.4. The average Bonchev–Trinajstić information content (AvgIpc) is 2.97. The van der Waals surface area contributed by atoms with Gasteiger partial charge in [-0.1, -0.05) is 0 Å². The smallest absolute Gasteiger partial charge is 0.253 e. The maximum absolute atomic E-state index is 12.8. The number of carbonyl (C=O) groups is 1. The summed E-state index contributed by atoms with van der Waals surface area (Å²) in [5.41, 5.74) is 1.43. The van der Waals surface area contributed by atoms with Gasteiger partial charge >= 0.3 is 0 Å². The normalized spacial score (nSPS) is 11.6. The maximum Gasteiger partial charge on any atom is 0.253 e.